The van der Waals surface area contributed by atoms with Gasteiger partial charge in [-0.15, -0.1) is 0 Å². The molecule has 0 fully saturated rings. The van der Waals surface area contributed by atoms with Crippen molar-refractivity contribution in [3.63, 3.8) is 0 Å². The lowest BCUT2D eigenvalue weighted by molar-refractivity contribution is -0.116. The molecule has 0 bridgehead atoms. The molecular formula is C19H19N5O2. The second-order valence-corrected chi connectivity index (χ2v) is 5.55. The molecule has 1 heterocycles. The quantitative estimate of drug-likeness (QED) is 0.639. The summed E-state index contributed by atoms with van der Waals surface area (Å²) in [5.41, 5.74) is 2.20. The van der Waals surface area contributed by atoms with Crippen molar-refractivity contribution < 1.29 is 9.59 Å². The highest BCUT2D eigenvalue weighted by Crippen LogP contribution is 2.11. The predicted octanol–water partition coefficient (Wildman–Crippen LogP) is 3.02. The standard InChI is InChI=1S/C19H19N5O2/c25-18(22-15-7-3-1-4-8-15)11-12-20-19(26)23-16-13-21-24(14-16)17-9-5-2-6-10-17/h1-10,13-14H,11-12H2,(H,22,25)(H2,20,23,26). The van der Waals surface area contributed by atoms with Crippen molar-refractivity contribution >= 4 is 23.3 Å². The Morgan fingerprint density at radius 3 is 2.31 bits per heavy atom. The number of carbonyl (C=O) groups excluding carboxylic acids is 2. The first-order valence-corrected chi connectivity index (χ1v) is 8.20. The average Bonchev–Trinajstić information content (AvgIpc) is 3.11. The van der Waals surface area contributed by atoms with Gasteiger partial charge >= 0.3 is 6.03 Å². The molecule has 0 aliphatic carbocycles. The van der Waals surface area contributed by atoms with E-state index in [1.807, 2.05) is 60.7 Å². The Balaban J connectivity index is 1.42. The minimum Gasteiger partial charge on any atom is -0.337 e. The number of urea groups is 1. The molecule has 0 aliphatic heterocycles. The number of nitrogens with zero attached hydrogens (tertiary/aromatic N) is 2. The molecule has 0 atom stereocenters. The van der Waals surface area contributed by atoms with E-state index in [1.165, 1.54) is 0 Å². The van der Waals surface area contributed by atoms with E-state index < -0.39 is 0 Å². The number of anilines is 2. The Bertz CT molecular complexity index is 862. The predicted molar refractivity (Wildman–Crippen MR) is 100 cm³/mol. The van der Waals surface area contributed by atoms with Crippen molar-refractivity contribution in [1.82, 2.24) is 15.1 Å². The van der Waals surface area contributed by atoms with E-state index in [1.54, 1.807) is 17.1 Å². The zero-order chi connectivity index (χ0) is 18.2. The third-order valence-electron chi connectivity index (χ3n) is 3.56. The highest BCUT2D eigenvalue weighted by molar-refractivity contribution is 5.92. The van der Waals surface area contributed by atoms with Crippen LogP contribution in [0.15, 0.2) is 73.1 Å². The number of aromatic nitrogens is 2. The summed E-state index contributed by atoms with van der Waals surface area (Å²) in [6.07, 6.45) is 3.47. The first-order valence-electron chi connectivity index (χ1n) is 8.20. The van der Waals surface area contributed by atoms with Gasteiger partial charge in [-0.25, -0.2) is 9.48 Å². The minimum absolute atomic E-state index is 0.159. The van der Waals surface area contributed by atoms with Gasteiger partial charge in [0.2, 0.25) is 5.91 Å². The molecule has 3 N–H and O–H groups in total. The van der Waals surface area contributed by atoms with Gasteiger partial charge in [-0.05, 0) is 24.3 Å². The van der Waals surface area contributed by atoms with E-state index in [0.29, 0.717) is 5.69 Å². The molecule has 2 aromatic carbocycles. The smallest absolute Gasteiger partial charge is 0.319 e. The van der Waals surface area contributed by atoms with Crippen LogP contribution in [0.2, 0.25) is 0 Å². The summed E-state index contributed by atoms with van der Waals surface area (Å²) in [5, 5.41) is 12.3. The minimum atomic E-state index is -0.384. The van der Waals surface area contributed by atoms with Gasteiger partial charge in [-0.2, -0.15) is 5.10 Å². The summed E-state index contributed by atoms with van der Waals surface area (Å²) in [4.78, 5) is 23.7. The van der Waals surface area contributed by atoms with Gasteiger partial charge in [0.05, 0.1) is 23.8 Å². The summed E-state index contributed by atoms with van der Waals surface area (Å²) < 4.78 is 1.67. The average molecular weight is 349 g/mol. The summed E-state index contributed by atoms with van der Waals surface area (Å²) >= 11 is 0. The third-order valence-corrected chi connectivity index (χ3v) is 3.56. The first kappa shape index (κ1) is 17.2. The SMILES string of the molecule is O=C(CCNC(=O)Nc1cnn(-c2ccccc2)c1)Nc1ccccc1. The van der Waals surface area contributed by atoms with Gasteiger partial charge in [0.25, 0.3) is 0 Å². The van der Waals surface area contributed by atoms with Gasteiger partial charge in [-0.3, -0.25) is 4.79 Å². The zero-order valence-corrected chi connectivity index (χ0v) is 14.1. The second kappa shape index (κ2) is 8.48. The van der Waals surface area contributed by atoms with Gasteiger partial charge in [-0.1, -0.05) is 36.4 Å². The largest absolute Gasteiger partial charge is 0.337 e. The Morgan fingerprint density at radius 1 is 0.885 bits per heavy atom. The molecule has 132 valence electrons. The lowest BCUT2D eigenvalue weighted by Gasteiger charge is -2.07. The molecule has 3 aromatic rings. The lowest BCUT2D eigenvalue weighted by atomic mass is 10.3. The monoisotopic (exact) mass is 349 g/mol. The zero-order valence-electron chi connectivity index (χ0n) is 14.1. The van der Waals surface area contributed by atoms with Crippen molar-refractivity contribution in [1.29, 1.82) is 0 Å². The molecule has 1 aromatic heterocycles. The highest BCUT2D eigenvalue weighted by atomic mass is 16.2. The Hall–Kier alpha value is -3.61. The van der Waals surface area contributed by atoms with Crippen molar-refractivity contribution in [2.45, 2.75) is 6.42 Å². The van der Waals surface area contributed by atoms with Crippen LogP contribution in [0.5, 0.6) is 0 Å². The molecule has 7 nitrogen and oxygen atoms in total. The normalized spacial score (nSPS) is 10.2. The van der Waals surface area contributed by atoms with E-state index >= 15 is 0 Å². The first-order chi connectivity index (χ1) is 12.7. The van der Waals surface area contributed by atoms with Gasteiger partial charge in [0, 0.05) is 18.7 Å². The Kier molecular flexibility index (Phi) is 5.61. The van der Waals surface area contributed by atoms with Crippen LogP contribution in [0.3, 0.4) is 0 Å². The number of benzene rings is 2. The van der Waals surface area contributed by atoms with Crippen LogP contribution in [0.1, 0.15) is 6.42 Å². The molecule has 26 heavy (non-hydrogen) atoms. The van der Waals surface area contributed by atoms with Crippen LogP contribution in [0.25, 0.3) is 5.69 Å². The molecule has 0 saturated carbocycles. The topological polar surface area (TPSA) is 88.1 Å². The number of rotatable bonds is 6. The van der Waals surface area contributed by atoms with E-state index in [9.17, 15) is 9.59 Å². The van der Waals surface area contributed by atoms with Gasteiger partial charge < -0.3 is 16.0 Å². The van der Waals surface area contributed by atoms with Crippen LogP contribution in [0.4, 0.5) is 16.2 Å². The second-order valence-electron chi connectivity index (χ2n) is 5.55. The van der Waals surface area contributed by atoms with E-state index in [2.05, 4.69) is 21.0 Å². The van der Waals surface area contributed by atoms with Crippen LogP contribution in [-0.4, -0.2) is 28.3 Å². The third kappa shape index (κ3) is 4.94. The van der Waals surface area contributed by atoms with Crippen LogP contribution in [-0.2, 0) is 4.79 Å². The van der Waals surface area contributed by atoms with Crippen LogP contribution >= 0.6 is 0 Å². The number of hydrogen-bond acceptors (Lipinski definition) is 3. The molecule has 0 saturated heterocycles. The van der Waals surface area contributed by atoms with E-state index in [0.717, 1.165) is 11.4 Å². The Morgan fingerprint density at radius 2 is 1.58 bits per heavy atom. The summed E-state index contributed by atoms with van der Waals surface area (Å²) in [6, 6.07) is 18.4. The fraction of sp³-hybridized carbons (Fsp3) is 0.105. The van der Waals surface area contributed by atoms with E-state index in [-0.39, 0.29) is 24.9 Å². The molecular weight excluding hydrogens is 330 g/mol. The lowest BCUT2D eigenvalue weighted by Crippen LogP contribution is -2.31. The van der Waals surface area contributed by atoms with E-state index in [4.69, 9.17) is 0 Å². The maximum absolute atomic E-state index is 11.9. The summed E-state index contributed by atoms with van der Waals surface area (Å²) in [6.45, 7) is 0.233. The maximum Gasteiger partial charge on any atom is 0.319 e. The van der Waals surface area contributed by atoms with Crippen molar-refractivity contribution in [3.05, 3.63) is 73.1 Å². The van der Waals surface area contributed by atoms with Crippen molar-refractivity contribution in [3.8, 4) is 5.69 Å². The molecule has 0 aliphatic rings. The number of carbonyl (C=O) groups is 2. The van der Waals surface area contributed by atoms with Crippen LogP contribution in [0, 0.1) is 0 Å². The van der Waals surface area contributed by atoms with Crippen molar-refractivity contribution in [2.75, 3.05) is 17.2 Å². The molecule has 0 radical (unpaired) electrons. The summed E-state index contributed by atoms with van der Waals surface area (Å²) in [5.74, 6) is -0.159. The molecule has 0 spiro atoms. The fourth-order valence-electron chi connectivity index (χ4n) is 2.32. The Labute approximate surface area is 151 Å². The number of para-hydroxylation sites is 2. The number of hydrogen-bond donors (Lipinski definition) is 3. The molecule has 3 amide bonds. The number of nitrogens with one attached hydrogen (secondary N) is 3. The fourth-order valence-corrected chi connectivity index (χ4v) is 2.32. The molecule has 0 unspecified atom stereocenters. The molecule has 7 heteroatoms. The number of amides is 3. The van der Waals surface area contributed by atoms with Crippen LogP contribution < -0.4 is 16.0 Å². The van der Waals surface area contributed by atoms with Gasteiger partial charge in [0.1, 0.15) is 0 Å². The van der Waals surface area contributed by atoms with Crippen molar-refractivity contribution in [2.24, 2.45) is 0 Å². The summed E-state index contributed by atoms with van der Waals surface area (Å²) in [7, 11) is 0. The maximum atomic E-state index is 11.9. The molecule has 3 rings (SSSR count). The highest BCUT2D eigenvalue weighted by Gasteiger charge is 2.07. The van der Waals surface area contributed by atoms with Gasteiger partial charge in [0.15, 0.2) is 0 Å².